The van der Waals surface area contributed by atoms with E-state index in [0.29, 0.717) is 0 Å². The standard InChI is InChI=1S/C13H8Br3Cl/c14-13(15,16)11-5-1-9(2-6-11)10-3-7-12(17)8-4-10/h1-8H. The Hall–Kier alpha value is 0.170. The second-order valence-electron chi connectivity index (χ2n) is 3.58. The van der Waals surface area contributed by atoms with E-state index in [2.05, 4.69) is 72.1 Å². The van der Waals surface area contributed by atoms with Gasteiger partial charge in [0.05, 0.1) is 0 Å². The lowest BCUT2D eigenvalue weighted by Gasteiger charge is -2.13. The molecule has 0 aliphatic rings. The summed E-state index contributed by atoms with van der Waals surface area (Å²) in [5.41, 5.74) is 3.43. The first kappa shape index (κ1) is 13.6. The molecule has 0 bridgehead atoms. The molecule has 0 nitrogen and oxygen atoms in total. The number of rotatable bonds is 1. The van der Waals surface area contributed by atoms with Crippen molar-refractivity contribution < 1.29 is 0 Å². The smallest absolute Gasteiger partial charge is 0.0843 e. The van der Waals surface area contributed by atoms with Gasteiger partial charge in [0.1, 0.15) is 0 Å². The highest BCUT2D eigenvalue weighted by atomic mass is 80.0. The molecule has 0 unspecified atom stereocenters. The Morgan fingerprint density at radius 3 is 1.53 bits per heavy atom. The van der Waals surface area contributed by atoms with Gasteiger partial charge in [0, 0.05) is 5.02 Å². The van der Waals surface area contributed by atoms with Gasteiger partial charge >= 0.3 is 0 Å². The SMILES string of the molecule is Clc1ccc(-c2ccc(C(Br)(Br)Br)cc2)cc1. The van der Waals surface area contributed by atoms with Crippen molar-refractivity contribution in [1.29, 1.82) is 0 Å². The zero-order valence-corrected chi connectivity index (χ0v) is 14.1. The van der Waals surface area contributed by atoms with Gasteiger partial charge in [-0.15, -0.1) is 0 Å². The monoisotopic (exact) mass is 436 g/mol. The van der Waals surface area contributed by atoms with E-state index < -0.39 is 0 Å². The van der Waals surface area contributed by atoms with Crippen molar-refractivity contribution in [2.75, 3.05) is 0 Å². The third kappa shape index (κ3) is 3.57. The van der Waals surface area contributed by atoms with Gasteiger partial charge in [-0.05, 0) is 28.8 Å². The van der Waals surface area contributed by atoms with Crippen LogP contribution in [0.1, 0.15) is 5.56 Å². The van der Waals surface area contributed by atoms with Crippen LogP contribution in [-0.4, -0.2) is 0 Å². The summed E-state index contributed by atoms with van der Waals surface area (Å²) < 4.78 is -0.356. The van der Waals surface area contributed by atoms with Gasteiger partial charge < -0.3 is 0 Å². The summed E-state index contributed by atoms with van der Waals surface area (Å²) >= 11 is 16.3. The molecule has 2 aromatic carbocycles. The van der Waals surface area contributed by atoms with Crippen molar-refractivity contribution in [2.24, 2.45) is 0 Å². The first-order valence-electron chi connectivity index (χ1n) is 4.90. The first-order chi connectivity index (χ1) is 7.97. The van der Waals surface area contributed by atoms with Crippen LogP contribution in [-0.2, 0) is 2.14 Å². The summed E-state index contributed by atoms with van der Waals surface area (Å²) in [7, 11) is 0. The van der Waals surface area contributed by atoms with Gasteiger partial charge in [0.15, 0.2) is 2.14 Å². The number of hydrogen-bond donors (Lipinski definition) is 0. The topological polar surface area (TPSA) is 0 Å². The maximum Gasteiger partial charge on any atom is 0.159 e. The highest BCUT2D eigenvalue weighted by molar-refractivity contribution is 9.38. The average molecular weight is 439 g/mol. The van der Waals surface area contributed by atoms with Crippen LogP contribution < -0.4 is 0 Å². The minimum atomic E-state index is -0.356. The molecule has 0 fully saturated rings. The minimum Gasteiger partial charge on any atom is -0.0843 e. The zero-order chi connectivity index (χ0) is 12.5. The summed E-state index contributed by atoms with van der Waals surface area (Å²) in [5, 5.41) is 0.755. The minimum absolute atomic E-state index is 0.356. The van der Waals surface area contributed by atoms with E-state index in [-0.39, 0.29) is 2.14 Å². The van der Waals surface area contributed by atoms with E-state index in [1.54, 1.807) is 0 Å². The second-order valence-corrected chi connectivity index (χ2v) is 10.8. The fraction of sp³-hybridized carbons (Fsp3) is 0.0769. The van der Waals surface area contributed by atoms with Gasteiger partial charge in [-0.25, -0.2) is 0 Å². The third-order valence-electron chi connectivity index (χ3n) is 2.39. The molecule has 2 aromatic rings. The molecule has 0 saturated heterocycles. The Morgan fingerprint density at radius 2 is 1.12 bits per heavy atom. The normalized spacial score (nSPS) is 11.5. The predicted molar refractivity (Wildman–Crippen MR) is 85.3 cm³/mol. The van der Waals surface area contributed by atoms with Gasteiger partial charge in [0.2, 0.25) is 0 Å². The van der Waals surface area contributed by atoms with Crippen molar-refractivity contribution in [3.8, 4) is 11.1 Å². The van der Waals surface area contributed by atoms with Crippen LogP contribution in [0.5, 0.6) is 0 Å². The zero-order valence-electron chi connectivity index (χ0n) is 8.63. The molecule has 0 radical (unpaired) electrons. The Labute approximate surface area is 131 Å². The molecule has 0 saturated carbocycles. The Balaban J connectivity index is 2.33. The van der Waals surface area contributed by atoms with Crippen LogP contribution in [0.2, 0.25) is 5.02 Å². The van der Waals surface area contributed by atoms with E-state index >= 15 is 0 Å². The molecule has 0 atom stereocenters. The number of alkyl halides is 3. The lowest BCUT2D eigenvalue weighted by Crippen LogP contribution is -1.96. The first-order valence-corrected chi connectivity index (χ1v) is 7.66. The van der Waals surface area contributed by atoms with Crippen LogP contribution in [0.4, 0.5) is 0 Å². The summed E-state index contributed by atoms with van der Waals surface area (Å²) in [4.78, 5) is 0. The van der Waals surface area contributed by atoms with Crippen LogP contribution in [0.25, 0.3) is 11.1 Å². The average Bonchev–Trinajstić information content (AvgIpc) is 2.29. The molecule has 4 heteroatoms. The summed E-state index contributed by atoms with van der Waals surface area (Å²) in [6, 6.07) is 16.1. The van der Waals surface area contributed by atoms with Crippen LogP contribution in [0.3, 0.4) is 0 Å². The molecule has 17 heavy (non-hydrogen) atoms. The highest BCUT2D eigenvalue weighted by Gasteiger charge is 2.20. The van der Waals surface area contributed by atoms with Crippen molar-refractivity contribution in [3.05, 3.63) is 59.1 Å². The highest BCUT2D eigenvalue weighted by Crippen LogP contribution is 2.44. The molecule has 0 aliphatic heterocycles. The molecule has 0 spiro atoms. The summed E-state index contributed by atoms with van der Waals surface area (Å²) in [6.45, 7) is 0. The molecule has 0 N–H and O–H groups in total. The predicted octanol–water partition coefficient (Wildman–Crippen LogP) is 6.30. The maximum atomic E-state index is 5.87. The largest absolute Gasteiger partial charge is 0.159 e. The molecule has 0 aliphatic carbocycles. The molecule has 0 aromatic heterocycles. The van der Waals surface area contributed by atoms with Crippen molar-refractivity contribution in [3.63, 3.8) is 0 Å². The Morgan fingerprint density at radius 1 is 0.706 bits per heavy atom. The molecule has 0 heterocycles. The van der Waals surface area contributed by atoms with Crippen molar-refractivity contribution >= 4 is 59.4 Å². The van der Waals surface area contributed by atoms with E-state index in [1.807, 2.05) is 24.3 Å². The van der Waals surface area contributed by atoms with Crippen LogP contribution in [0, 0.1) is 0 Å². The fourth-order valence-electron chi connectivity index (χ4n) is 1.49. The molecule has 2 rings (SSSR count). The lowest BCUT2D eigenvalue weighted by atomic mass is 10.0. The van der Waals surface area contributed by atoms with E-state index in [1.165, 1.54) is 5.56 Å². The van der Waals surface area contributed by atoms with Crippen molar-refractivity contribution in [2.45, 2.75) is 2.14 Å². The Bertz CT molecular complexity index is 498. The van der Waals surface area contributed by atoms with E-state index in [9.17, 15) is 0 Å². The van der Waals surface area contributed by atoms with Crippen LogP contribution in [0.15, 0.2) is 48.5 Å². The van der Waals surface area contributed by atoms with Gasteiger partial charge in [-0.2, -0.15) is 0 Å². The quantitative estimate of drug-likeness (QED) is 0.458. The number of halogens is 4. The molecular weight excluding hydrogens is 431 g/mol. The van der Waals surface area contributed by atoms with E-state index in [0.717, 1.165) is 16.1 Å². The summed E-state index contributed by atoms with van der Waals surface area (Å²) in [6.07, 6.45) is 0. The lowest BCUT2D eigenvalue weighted by molar-refractivity contribution is 1.37. The molecule has 88 valence electrons. The Kier molecular flexibility index (Phi) is 4.35. The third-order valence-corrected chi connectivity index (χ3v) is 4.02. The number of hydrogen-bond acceptors (Lipinski definition) is 0. The second kappa shape index (κ2) is 5.43. The van der Waals surface area contributed by atoms with Gasteiger partial charge in [0.25, 0.3) is 0 Å². The fourth-order valence-corrected chi connectivity index (χ4v) is 2.41. The van der Waals surface area contributed by atoms with Crippen molar-refractivity contribution in [1.82, 2.24) is 0 Å². The maximum absolute atomic E-state index is 5.87. The van der Waals surface area contributed by atoms with E-state index in [4.69, 9.17) is 11.6 Å². The number of benzene rings is 2. The van der Waals surface area contributed by atoms with Crippen LogP contribution >= 0.6 is 59.4 Å². The molecule has 0 amide bonds. The van der Waals surface area contributed by atoms with Gasteiger partial charge in [-0.3, -0.25) is 0 Å². The summed E-state index contributed by atoms with van der Waals surface area (Å²) in [5.74, 6) is 0. The molecular formula is C13H8Br3Cl. The van der Waals surface area contributed by atoms with Gasteiger partial charge in [-0.1, -0.05) is 95.8 Å².